The summed E-state index contributed by atoms with van der Waals surface area (Å²) in [5.74, 6) is 0. The van der Waals surface area contributed by atoms with E-state index in [1.54, 1.807) is 14.7 Å². The first-order valence-corrected chi connectivity index (χ1v) is 20.0. The molecular weight excluding hydrogens is 692 g/mol. The highest BCUT2D eigenvalue weighted by Gasteiger charge is 2.49. The summed E-state index contributed by atoms with van der Waals surface area (Å²) >= 11 is 0. The Morgan fingerprint density at radius 2 is 0.611 bits per heavy atom. The van der Waals surface area contributed by atoms with Crippen molar-refractivity contribution in [1.29, 1.82) is 0 Å². The average Bonchev–Trinajstić information content (AvgIpc) is 3.00. The van der Waals surface area contributed by atoms with Crippen LogP contribution in [0.5, 0.6) is 0 Å². The van der Waals surface area contributed by atoms with Gasteiger partial charge in [-0.05, 0) is 122 Å². The van der Waals surface area contributed by atoms with Crippen LogP contribution < -0.4 is 21.3 Å². The van der Waals surface area contributed by atoms with Crippen molar-refractivity contribution in [3.05, 3.63) is 0 Å². The third-order valence-corrected chi connectivity index (χ3v) is 12.0. The summed E-state index contributed by atoms with van der Waals surface area (Å²) in [5, 5.41) is 55.4. The summed E-state index contributed by atoms with van der Waals surface area (Å²) in [7, 11) is 0. The molecule has 4 saturated heterocycles. The minimum Gasteiger partial charge on any atom is -0.335 e. The number of nitrogens with one attached hydrogen (secondary N) is 4. The summed E-state index contributed by atoms with van der Waals surface area (Å²) in [4.78, 5) is 46.9. The van der Waals surface area contributed by atoms with Crippen molar-refractivity contribution >= 4 is 18.1 Å². The van der Waals surface area contributed by atoms with Gasteiger partial charge in [-0.1, -0.05) is 0 Å². The first-order valence-electron chi connectivity index (χ1n) is 20.0. The summed E-state index contributed by atoms with van der Waals surface area (Å²) in [5.41, 5.74) is -3.89. The van der Waals surface area contributed by atoms with Gasteiger partial charge in [0.1, 0.15) is 0 Å². The highest BCUT2D eigenvalue weighted by Crippen LogP contribution is 2.39. The molecule has 3 radical (unpaired) electrons. The van der Waals surface area contributed by atoms with Gasteiger partial charge < -0.3 is 36.0 Å². The molecule has 0 aromatic heterocycles. The molecule has 0 aliphatic carbocycles. The zero-order chi connectivity index (χ0) is 40.7. The van der Waals surface area contributed by atoms with Crippen molar-refractivity contribution in [2.45, 2.75) is 173 Å². The molecule has 0 spiro atoms. The molecule has 0 aromatic carbocycles. The number of piperidine rings is 3. The fourth-order valence-electron chi connectivity index (χ4n) is 9.87. The molecule has 54 heavy (non-hydrogen) atoms. The Morgan fingerprint density at radius 3 is 0.833 bits per heavy atom. The van der Waals surface area contributed by atoms with Crippen LogP contribution in [0.25, 0.3) is 0 Å². The lowest BCUT2D eigenvalue weighted by Gasteiger charge is -2.50. The SMILES string of the molecule is CC1(C)CC(NC(=O)N2CCNCCN(C(=O)NC3CC(C)(C)N([O])C(C)(C)C3)CCN(C(=O)NC3CC(C)(C)N([O])C(C)(C)C3)CC2)CC(C)(C)N1[O]. The maximum atomic E-state index is 14.1. The molecule has 0 unspecified atom stereocenters. The molecule has 0 atom stereocenters. The minimum absolute atomic E-state index is 0.191. The van der Waals surface area contributed by atoms with Crippen LogP contribution in [-0.2, 0) is 15.6 Å². The van der Waals surface area contributed by atoms with Gasteiger partial charge in [-0.2, -0.15) is 0 Å². The number of carbonyl (C=O) groups excluding carboxylic acids is 3. The van der Waals surface area contributed by atoms with Gasteiger partial charge in [0, 0.05) is 104 Å². The van der Waals surface area contributed by atoms with E-state index < -0.39 is 33.2 Å². The van der Waals surface area contributed by atoms with Crippen molar-refractivity contribution in [3.63, 3.8) is 0 Å². The van der Waals surface area contributed by atoms with Gasteiger partial charge in [0.2, 0.25) is 0 Å². The second-order valence-electron chi connectivity index (χ2n) is 20.1. The van der Waals surface area contributed by atoms with Crippen LogP contribution in [-0.4, -0.2) is 152 Å². The summed E-state index contributed by atoms with van der Waals surface area (Å²) < 4.78 is 0. The molecule has 6 amide bonds. The first kappa shape index (κ1) is 44.2. The van der Waals surface area contributed by atoms with E-state index in [4.69, 9.17) is 0 Å². The Hall–Kier alpha value is -2.47. The fraction of sp³-hybridized carbons (Fsp3) is 0.921. The van der Waals surface area contributed by atoms with Gasteiger partial charge in [0.25, 0.3) is 0 Å². The average molecular weight is 764 g/mol. The highest BCUT2D eigenvalue weighted by molar-refractivity contribution is 5.77. The number of hydrogen-bond donors (Lipinski definition) is 4. The largest absolute Gasteiger partial charge is 0.335 e. The smallest absolute Gasteiger partial charge is 0.317 e. The van der Waals surface area contributed by atoms with Crippen molar-refractivity contribution in [2.75, 3.05) is 52.4 Å². The standard InChI is InChI=1S/C38H71N10O6/c1-33(2)21-27(22-34(3,4)46(33)52)40-30(49)43-15-13-39-14-16-44(31(50)41-28-23-35(5,6)47(53)36(7,8)24-28)18-20-45(19-17-43)32(51)42-29-25-37(9,10)48(54)38(11,12)26-29/h27-29,39H,13-26H2,1-12H3,(H,40,49)(H,41,50)(H,42,51). The number of hydroxylamine groups is 6. The lowest BCUT2D eigenvalue weighted by Crippen LogP contribution is -2.64. The second-order valence-corrected chi connectivity index (χ2v) is 20.1. The second kappa shape index (κ2) is 16.2. The van der Waals surface area contributed by atoms with Crippen molar-refractivity contribution in [3.8, 4) is 0 Å². The molecule has 4 fully saturated rings. The predicted octanol–water partition coefficient (Wildman–Crippen LogP) is 3.73. The number of carbonyl (C=O) groups is 3. The quantitative estimate of drug-likeness (QED) is 0.339. The Labute approximate surface area is 324 Å². The normalized spacial score (nSPS) is 27.7. The Bertz CT molecular complexity index is 1220. The van der Waals surface area contributed by atoms with E-state index in [0.29, 0.717) is 64.7 Å². The molecule has 4 aliphatic rings. The molecule has 0 bridgehead atoms. The van der Waals surface area contributed by atoms with Crippen LogP contribution in [0.4, 0.5) is 14.4 Å². The van der Waals surface area contributed by atoms with Crippen LogP contribution in [0.1, 0.15) is 122 Å². The van der Waals surface area contributed by atoms with E-state index >= 15 is 0 Å². The third kappa shape index (κ3) is 10.5. The minimum atomic E-state index is -0.672. The number of hydrogen-bond acceptors (Lipinski definition) is 7. The first-order chi connectivity index (χ1) is 24.7. The van der Waals surface area contributed by atoms with Crippen LogP contribution in [0.15, 0.2) is 0 Å². The lowest BCUT2D eigenvalue weighted by atomic mass is 9.79. The van der Waals surface area contributed by atoms with Gasteiger partial charge in [-0.15, -0.1) is 30.8 Å². The zero-order valence-corrected chi connectivity index (χ0v) is 35.3. The van der Waals surface area contributed by atoms with E-state index in [1.165, 1.54) is 0 Å². The Balaban J connectivity index is 1.50. The van der Waals surface area contributed by atoms with Crippen molar-refractivity contribution < 1.29 is 30.0 Å². The molecule has 4 heterocycles. The molecule has 16 nitrogen and oxygen atoms in total. The van der Waals surface area contributed by atoms with Gasteiger partial charge in [-0.25, -0.2) is 14.4 Å². The van der Waals surface area contributed by atoms with Crippen LogP contribution >= 0.6 is 0 Å². The Kier molecular flexibility index (Phi) is 13.3. The monoisotopic (exact) mass is 764 g/mol. The van der Waals surface area contributed by atoms with Crippen LogP contribution in [0.3, 0.4) is 0 Å². The molecule has 309 valence electrons. The van der Waals surface area contributed by atoms with E-state index in [-0.39, 0.29) is 62.4 Å². The van der Waals surface area contributed by atoms with E-state index in [0.717, 1.165) is 15.2 Å². The van der Waals surface area contributed by atoms with Crippen molar-refractivity contribution in [1.82, 2.24) is 51.2 Å². The number of nitrogens with zero attached hydrogens (tertiary/aromatic N) is 6. The molecular formula is C38H71N10O6. The van der Waals surface area contributed by atoms with Crippen molar-refractivity contribution in [2.24, 2.45) is 0 Å². The number of rotatable bonds is 3. The summed E-state index contributed by atoms with van der Waals surface area (Å²) in [6.45, 7) is 25.5. The molecule has 4 aliphatic heterocycles. The highest BCUT2D eigenvalue weighted by atomic mass is 16.5. The van der Waals surface area contributed by atoms with Gasteiger partial charge in [0.15, 0.2) is 0 Å². The maximum Gasteiger partial charge on any atom is 0.317 e. The third-order valence-electron chi connectivity index (χ3n) is 12.0. The fourth-order valence-corrected chi connectivity index (χ4v) is 9.87. The molecule has 0 saturated carbocycles. The number of amides is 6. The Morgan fingerprint density at radius 1 is 0.407 bits per heavy atom. The molecule has 0 aromatic rings. The molecule has 4 rings (SSSR count). The summed E-state index contributed by atoms with van der Waals surface area (Å²) in [6.07, 6.45) is 3.04. The van der Waals surface area contributed by atoms with E-state index in [9.17, 15) is 30.0 Å². The maximum absolute atomic E-state index is 14.1. The lowest BCUT2D eigenvalue weighted by molar-refractivity contribution is -0.289. The molecule has 16 heteroatoms. The summed E-state index contributed by atoms with van der Waals surface area (Å²) in [6, 6.07) is -1.41. The van der Waals surface area contributed by atoms with Gasteiger partial charge in [0.05, 0.1) is 0 Å². The number of urea groups is 3. The molecule has 4 N–H and O–H groups in total. The van der Waals surface area contributed by atoms with Gasteiger partial charge in [-0.3, -0.25) is 0 Å². The topological polar surface area (TPSA) is 178 Å². The van der Waals surface area contributed by atoms with Crippen LogP contribution in [0, 0.1) is 0 Å². The van der Waals surface area contributed by atoms with Crippen LogP contribution in [0.2, 0.25) is 0 Å². The van der Waals surface area contributed by atoms with Gasteiger partial charge >= 0.3 is 18.1 Å². The van der Waals surface area contributed by atoms with E-state index in [2.05, 4.69) is 21.3 Å². The predicted molar refractivity (Wildman–Crippen MR) is 204 cm³/mol. The zero-order valence-electron chi connectivity index (χ0n) is 35.3. The van der Waals surface area contributed by atoms with E-state index in [1.807, 2.05) is 83.1 Å².